The normalized spacial score (nSPS) is 26.5. The van der Waals surface area contributed by atoms with E-state index in [1.165, 1.54) is 9.80 Å². The van der Waals surface area contributed by atoms with Crippen LogP contribution in [-0.2, 0) is 19.1 Å². The molecule has 32 heavy (non-hydrogen) atoms. The molecule has 8 nitrogen and oxygen atoms in total. The van der Waals surface area contributed by atoms with Crippen molar-refractivity contribution in [2.45, 2.75) is 37.6 Å². The zero-order chi connectivity index (χ0) is 22.6. The monoisotopic (exact) mass is 436 g/mol. The van der Waals surface area contributed by atoms with Crippen molar-refractivity contribution in [3.8, 4) is 11.1 Å². The molecule has 1 unspecified atom stereocenters. The van der Waals surface area contributed by atoms with Gasteiger partial charge in [0.25, 0.3) is 0 Å². The number of nitrogens with zero attached hydrogens (tertiary/aromatic N) is 2. The second kappa shape index (κ2) is 7.34. The summed E-state index contributed by atoms with van der Waals surface area (Å²) in [7, 11) is 0. The van der Waals surface area contributed by atoms with Gasteiger partial charge in [-0.25, -0.2) is 9.59 Å². The van der Waals surface area contributed by atoms with Crippen LogP contribution in [0.5, 0.6) is 0 Å². The van der Waals surface area contributed by atoms with Crippen molar-refractivity contribution >= 4 is 18.0 Å². The average molecular weight is 436 g/mol. The number of fused-ring (bicyclic) bond motifs is 4. The molecule has 0 spiro atoms. The molecule has 166 valence electrons. The van der Waals surface area contributed by atoms with E-state index in [1.807, 2.05) is 36.4 Å². The summed E-state index contributed by atoms with van der Waals surface area (Å²) in [6.07, 6.45) is -0.615. The van der Waals surface area contributed by atoms with Crippen molar-refractivity contribution in [2.75, 3.05) is 19.8 Å². The number of carboxylic acids is 1. The van der Waals surface area contributed by atoms with E-state index in [4.69, 9.17) is 9.47 Å². The summed E-state index contributed by atoms with van der Waals surface area (Å²) in [5, 5.41) is 9.43. The van der Waals surface area contributed by atoms with Gasteiger partial charge in [0.2, 0.25) is 5.91 Å². The number of carbonyl (C=O) groups is 3. The summed E-state index contributed by atoms with van der Waals surface area (Å²) in [5.74, 6) is -1.67. The Labute approximate surface area is 185 Å². The number of hydrogen-bond acceptors (Lipinski definition) is 5. The Morgan fingerprint density at radius 3 is 2.31 bits per heavy atom. The van der Waals surface area contributed by atoms with Gasteiger partial charge in [0.1, 0.15) is 12.6 Å². The molecule has 2 saturated heterocycles. The number of piperazine rings is 1. The smallest absolute Gasteiger partial charge is 0.410 e. The van der Waals surface area contributed by atoms with Crippen molar-refractivity contribution in [1.82, 2.24) is 9.80 Å². The topological polar surface area (TPSA) is 96.4 Å². The van der Waals surface area contributed by atoms with Crippen LogP contribution in [0.15, 0.2) is 48.5 Å². The number of carbonyl (C=O) groups excluding carboxylic acids is 2. The molecule has 3 aliphatic rings. The van der Waals surface area contributed by atoms with Crippen molar-refractivity contribution in [3.05, 3.63) is 59.7 Å². The van der Waals surface area contributed by atoms with E-state index in [-0.39, 0.29) is 25.7 Å². The van der Waals surface area contributed by atoms with Gasteiger partial charge in [-0.2, -0.15) is 0 Å². The van der Waals surface area contributed by atoms with Crippen LogP contribution in [0.4, 0.5) is 4.79 Å². The lowest BCUT2D eigenvalue weighted by Crippen LogP contribution is -2.68. The van der Waals surface area contributed by atoms with Crippen molar-refractivity contribution in [2.24, 2.45) is 0 Å². The standard InChI is InChI=1S/C24H24N2O6/c1-14-21(27)26-20(22(28)29)12-32-24(26,2)13-25(14)23(30)31-11-19-17-9-5-3-7-15(17)16-8-4-6-10-18(16)19/h3-10,14,19-20H,11-13H2,1-2H3,(H,28,29)/t14-,20-,24?/m0/s1. The summed E-state index contributed by atoms with van der Waals surface area (Å²) in [6, 6.07) is 14.2. The zero-order valence-corrected chi connectivity index (χ0v) is 17.9. The lowest BCUT2D eigenvalue weighted by molar-refractivity contribution is -0.173. The quantitative estimate of drug-likeness (QED) is 0.795. The first-order valence-corrected chi connectivity index (χ1v) is 10.6. The van der Waals surface area contributed by atoms with Crippen LogP contribution in [-0.4, -0.2) is 70.4 Å². The maximum Gasteiger partial charge on any atom is 0.410 e. The van der Waals surface area contributed by atoms with Gasteiger partial charge in [-0.3, -0.25) is 14.6 Å². The van der Waals surface area contributed by atoms with Crippen molar-refractivity contribution < 1.29 is 29.0 Å². The SMILES string of the molecule is C[C@H]1C(=O)N2[C@H](C(=O)O)COC2(C)CN1C(=O)OCC1c2ccccc2-c2ccccc21. The molecule has 2 aromatic carbocycles. The molecule has 5 rings (SSSR count). The number of hydrogen-bond donors (Lipinski definition) is 1. The summed E-state index contributed by atoms with van der Waals surface area (Å²) < 4.78 is 11.4. The summed E-state index contributed by atoms with van der Waals surface area (Å²) in [6.45, 7) is 3.29. The Morgan fingerprint density at radius 1 is 1.12 bits per heavy atom. The highest BCUT2D eigenvalue weighted by molar-refractivity contribution is 5.91. The maximum absolute atomic E-state index is 13.0. The first-order chi connectivity index (χ1) is 15.3. The van der Waals surface area contributed by atoms with Gasteiger partial charge in [0.05, 0.1) is 13.2 Å². The average Bonchev–Trinajstić information content (AvgIpc) is 3.30. The largest absolute Gasteiger partial charge is 0.480 e. The molecule has 1 aliphatic carbocycles. The number of amides is 2. The Balaban J connectivity index is 1.34. The third kappa shape index (κ3) is 2.97. The van der Waals surface area contributed by atoms with Crippen LogP contribution >= 0.6 is 0 Å². The molecular formula is C24H24N2O6. The van der Waals surface area contributed by atoms with Gasteiger partial charge in [-0.1, -0.05) is 48.5 Å². The number of benzene rings is 2. The van der Waals surface area contributed by atoms with Crippen LogP contribution in [0.3, 0.4) is 0 Å². The molecule has 2 aromatic rings. The van der Waals surface area contributed by atoms with Crippen molar-refractivity contribution in [1.29, 1.82) is 0 Å². The molecule has 2 heterocycles. The Morgan fingerprint density at radius 2 is 1.72 bits per heavy atom. The van der Waals surface area contributed by atoms with Gasteiger partial charge in [0, 0.05) is 5.92 Å². The third-order valence-corrected chi connectivity index (χ3v) is 6.76. The summed E-state index contributed by atoms with van der Waals surface area (Å²) in [4.78, 5) is 40.1. The second-order valence-corrected chi connectivity index (χ2v) is 8.66. The fraction of sp³-hybridized carbons (Fsp3) is 0.375. The fourth-order valence-corrected chi connectivity index (χ4v) is 5.11. The van der Waals surface area contributed by atoms with E-state index in [2.05, 4.69) is 12.1 Å². The van der Waals surface area contributed by atoms with E-state index < -0.39 is 35.8 Å². The molecule has 0 saturated carbocycles. The highest BCUT2D eigenvalue weighted by Crippen LogP contribution is 2.44. The van der Waals surface area contributed by atoms with E-state index in [9.17, 15) is 19.5 Å². The minimum absolute atomic E-state index is 0.0420. The zero-order valence-electron chi connectivity index (χ0n) is 17.9. The summed E-state index contributed by atoms with van der Waals surface area (Å²) in [5.41, 5.74) is 3.27. The predicted molar refractivity (Wildman–Crippen MR) is 114 cm³/mol. The molecule has 3 atom stereocenters. The van der Waals surface area contributed by atoms with E-state index >= 15 is 0 Å². The first kappa shape index (κ1) is 20.5. The van der Waals surface area contributed by atoms with Crippen LogP contribution in [0.2, 0.25) is 0 Å². The van der Waals surface area contributed by atoms with Gasteiger partial charge in [-0.05, 0) is 36.1 Å². The molecule has 8 heteroatoms. The third-order valence-electron chi connectivity index (χ3n) is 6.76. The number of ether oxygens (including phenoxy) is 2. The molecule has 1 N–H and O–H groups in total. The van der Waals surface area contributed by atoms with Crippen LogP contribution in [0.25, 0.3) is 11.1 Å². The highest BCUT2D eigenvalue weighted by atomic mass is 16.6. The van der Waals surface area contributed by atoms with Crippen LogP contribution in [0.1, 0.15) is 30.9 Å². The lowest BCUT2D eigenvalue weighted by atomic mass is 9.98. The first-order valence-electron chi connectivity index (χ1n) is 10.6. The summed E-state index contributed by atoms with van der Waals surface area (Å²) >= 11 is 0. The van der Waals surface area contributed by atoms with Crippen LogP contribution < -0.4 is 0 Å². The Kier molecular flexibility index (Phi) is 4.70. The van der Waals surface area contributed by atoms with Crippen LogP contribution in [0, 0.1) is 0 Å². The van der Waals surface area contributed by atoms with Gasteiger partial charge in [-0.15, -0.1) is 0 Å². The molecule has 0 bridgehead atoms. The van der Waals surface area contributed by atoms with E-state index in [0.29, 0.717) is 0 Å². The number of rotatable bonds is 3. The van der Waals surface area contributed by atoms with Crippen molar-refractivity contribution in [3.63, 3.8) is 0 Å². The second-order valence-electron chi connectivity index (χ2n) is 8.66. The number of aliphatic carboxylic acids is 1. The predicted octanol–water partition coefficient (Wildman–Crippen LogP) is 2.67. The molecule has 2 aliphatic heterocycles. The van der Waals surface area contributed by atoms with Gasteiger partial charge < -0.3 is 14.6 Å². The molecule has 0 radical (unpaired) electrons. The Hall–Kier alpha value is -3.39. The maximum atomic E-state index is 13.0. The molecule has 2 fully saturated rings. The lowest BCUT2D eigenvalue weighted by Gasteiger charge is -2.46. The molecule has 0 aromatic heterocycles. The van der Waals surface area contributed by atoms with Gasteiger partial charge >= 0.3 is 12.1 Å². The Bertz CT molecular complexity index is 1070. The highest BCUT2D eigenvalue weighted by Gasteiger charge is 2.57. The van der Waals surface area contributed by atoms with E-state index in [1.54, 1.807) is 13.8 Å². The minimum atomic E-state index is -1.20. The molecule has 2 amide bonds. The van der Waals surface area contributed by atoms with Gasteiger partial charge in [0.15, 0.2) is 11.8 Å². The van der Waals surface area contributed by atoms with E-state index in [0.717, 1.165) is 22.3 Å². The number of carboxylic acid groups (broad SMARTS) is 1. The minimum Gasteiger partial charge on any atom is -0.480 e. The molecular weight excluding hydrogens is 412 g/mol. The fourth-order valence-electron chi connectivity index (χ4n) is 5.11.